The summed E-state index contributed by atoms with van der Waals surface area (Å²) in [5, 5.41) is 11.3. The number of methoxy groups -OCH3 is 3. The van der Waals surface area contributed by atoms with Crippen LogP contribution in [-0.2, 0) is 53.5 Å². The van der Waals surface area contributed by atoms with E-state index in [1.54, 1.807) is 73.2 Å². The maximum absolute atomic E-state index is 14.8. The van der Waals surface area contributed by atoms with Gasteiger partial charge in [-0.1, -0.05) is 60.7 Å². The summed E-state index contributed by atoms with van der Waals surface area (Å²) in [6, 6.07) is 47.3. The van der Waals surface area contributed by atoms with Gasteiger partial charge in [0.2, 0.25) is 0 Å². The number of fused-ring (bicyclic) bond motifs is 2. The fourth-order valence-electron chi connectivity index (χ4n) is 9.05. The van der Waals surface area contributed by atoms with E-state index < -0.39 is 23.6 Å². The molecule has 10 rings (SSSR count). The molecule has 0 aliphatic heterocycles. The second-order valence-corrected chi connectivity index (χ2v) is 18.0. The smallest absolute Gasteiger partial charge is 0.870 e. The summed E-state index contributed by atoms with van der Waals surface area (Å²) in [4.78, 5) is 23.6. The van der Waals surface area contributed by atoms with Crippen LogP contribution >= 0.6 is 0 Å². The third-order valence-corrected chi connectivity index (χ3v) is 13.0. The Morgan fingerprint density at radius 1 is 0.506 bits per heavy atom. The Bertz CT molecular complexity index is 3760. The molecule has 2 heterocycles. The van der Waals surface area contributed by atoms with Crippen LogP contribution in [0.15, 0.2) is 179 Å². The zero-order valence-corrected chi connectivity index (χ0v) is 45.9. The number of carboxylic acids is 1. The minimum absolute atomic E-state index is 0. The van der Waals surface area contributed by atoms with Crippen molar-refractivity contribution in [3.8, 4) is 67.5 Å². The fourth-order valence-corrected chi connectivity index (χ4v) is 9.05. The van der Waals surface area contributed by atoms with Crippen molar-refractivity contribution in [3.63, 3.8) is 0 Å². The third-order valence-electron chi connectivity index (χ3n) is 13.0. The van der Waals surface area contributed by atoms with Crippen LogP contribution in [0.4, 0.5) is 8.78 Å². The number of hydrogen-bond acceptors (Lipinski definition) is 12. The molecule has 79 heavy (non-hydrogen) atoms. The molecule has 0 aliphatic rings. The first-order valence-electron chi connectivity index (χ1n) is 24.5. The molecule has 16 heteroatoms. The van der Waals surface area contributed by atoms with E-state index in [-0.39, 0.29) is 61.1 Å². The minimum Gasteiger partial charge on any atom is -0.870 e. The van der Waals surface area contributed by atoms with E-state index >= 15 is 0 Å². The summed E-state index contributed by atoms with van der Waals surface area (Å²) in [5.41, 5.74) is 23.9. The van der Waals surface area contributed by atoms with E-state index in [0.717, 1.165) is 66.4 Å². The summed E-state index contributed by atoms with van der Waals surface area (Å²) in [6.45, 7) is 1.25. The molecule has 0 spiro atoms. The molecule has 0 bridgehead atoms. The number of rotatable bonds is 18. The molecule has 10 aromatic rings. The van der Waals surface area contributed by atoms with Gasteiger partial charge in [0.25, 0.3) is 0 Å². The van der Waals surface area contributed by atoms with E-state index in [1.807, 2.05) is 84.9 Å². The van der Waals surface area contributed by atoms with Gasteiger partial charge in [0, 0.05) is 69.4 Å². The van der Waals surface area contributed by atoms with Crippen LogP contribution in [0.25, 0.3) is 66.4 Å². The molecule has 0 unspecified atom stereocenters. The number of carboxylic acid groups (broad SMARTS) is 1. The maximum Gasteiger partial charge on any atom is 1.00 e. The van der Waals surface area contributed by atoms with Crippen molar-refractivity contribution in [3.05, 3.63) is 215 Å². The summed E-state index contributed by atoms with van der Waals surface area (Å²) in [6.07, 6.45) is 3.10. The molecule has 2 aromatic heterocycles. The van der Waals surface area contributed by atoms with Crippen molar-refractivity contribution in [1.82, 2.24) is 0 Å². The monoisotopic (exact) mass is 1080 g/mol. The van der Waals surface area contributed by atoms with Crippen LogP contribution in [0, 0.1) is 11.6 Å². The van der Waals surface area contributed by atoms with Gasteiger partial charge in [-0.05, 0) is 129 Å². The molecule has 0 saturated heterocycles. The Labute approximate surface area is 476 Å². The SMILES string of the molecule is COC(=O)Cc1ccc(-c2ccc(OC)cc2F)cc1OCc1cc(-c2cccc(CN)c2)c2occc2c1.COc1ccc(-c2ccc(CC(=O)O)c(OCc3cc(-c4cccc(CN)c4)c4occc4c3)c2)c(F)c1.[Na+].[OH-]. The van der Waals surface area contributed by atoms with Gasteiger partial charge in [-0.3, -0.25) is 9.59 Å². The summed E-state index contributed by atoms with van der Waals surface area (Å²) in [5.74, 6) is -0.576. The van der Waals surface area contributed by atoms with Crippen LogP contribution in [0.2, 0.25) is 0 Å². The Morgan fingerprint density at radius 2 is 0.949 bits per heavy atom. The standard InChI is InChI=1S/C32H28FNO5.C31H26FNO5.Na.H2O/c1-36-26-8-9-27(29(33)17-26)23-6-7-24(16-31(35)37-2)30(15-23)39-19-21-13-25-10-11-38-32(25)28(14-21)22-5-3-4-20(12-22)18-34;1-36-25-7-8-26(28(32)16-25)22-5-6-23(15-30(34)35)29(14-22)38-18-20-12-24-9-10-37-31(24)27(13-20)21-4-2-3-19(11-21)17-33;;/h3-15,17H,16,18-19,34H2,1-2H3;2-14,16H,15,17-18,33H2,1H3,(H,34,35);;1H2/q;;+1;/p-1. The summed E-state index contributed by atoms with van der Waals surface area (Å²) < 4.78 is 68.7. The molecule has 0 saturated carbocycles. The van der Waals surface area contributed by atoms with Gasteiger partial charge in [0.05, 0.1) is 46.7 Å². The van der Waals surface area contributed by atoms with Crippen molar-refractivity contribution < 1.29 is 91.0 Å². The molecule has 0 fully saturated rings. The van der Waals surface area contributed by atoms with Gasteiger partial charge in [-0.15, -0.1) is 0 Å². The molecular weight excluding hydrogens is 1020 g/mol. The zero-order chi connectivity index (χ0) is 54.0. The average Bonchev–Trinajstić information content (AvgIpc) is 4.18. The number of nitrogens with two attached hydrogens (primary N) is 2. The molecule has 0 atom stereocenters. The van der Waals surface area contributed by atoms with E-state index in [2.05, 4.69) is 0 Å². The van der Waals surface area contributed by atoms with Gasteiger partial charge >= 0.3 is 41.5 Å². The quantitative estimate of drug-likeness (QED) is 0.0541. The van der Waals surface area contributed by atoms with Crippen LogP contribution in [0.1, 0.15) is 33.4 Å². The van der Waals surface area contributed by atoms with Gasteiger partial charge in [-0.25, -0.2) is 8.78 Å². The van der Waals surface area contributed by atoms with E-state index in [9.17, 15) is 23.5 Å². The Kier molecular flexibility index (Phi) is 19.9. The minimum atomic E-state index is -0.986. The fraction of sp³-hybridized carbons (Fsp3) is 0.143. The topological polar surface area (TPSA) is 209 Å². The first-order valence-corrected chi connectivity index (χ1v) is 24.5. The van der Waals surface area contributed by atoms with Gasteiger partial charge in [-0.2, -0.15) is 0 Å². The number of hydrogen-bond donors (Lipinski definition) is 3. The van der Waals surface area contributed by atoms with Crippen LogP contribution in [-0.4, -0.2) is 43.9 Å². The van der Waals surface area contributed by atoms with E-state index in [0.29, 0.717) is 69.5 Å². The van der Waals surface area contributed by atoms with Crippen molar-refractivity contribution >= 4 is 33.9 Å². The third kappa shape index (κ3) is 13.9. The number of carbonyl (C=O) groups excluding carboxylic acids is 1. The van der Waals surface area contributed by atoms with Crippen molar-refractivity contribution in [2.75, 3.05) is 21.3 Å². The second-order valence-electron chi connectivity index (χ2n) is 18.0. The summed E-state index contributed by atoms with van der Waals surface area (Å²) in [7, 11) is 4.30. The van der Waals surface area contributed by atoms with Gasteiger partial charge in [0.15, 0.2) is 0 Å². The molecule has 0 radical (unpaired) electrons. The molecule has 8 aromatic carbocycles. The largest absolute Gasteiger partial charge is 1.00 e. The number of ether oxygens (including phenoxy) is 5. The van der Waals surface area contributed by atoms with Crippen molar-refractivity contribution in [2.45, 2.75) is 39.1 Å². The normalized spacial score (nSPS) is 10.7. The number of furan rings is 2. The zero-order valence-electron chi connectivity index (χ0n) is 43.9. The van der Waals surface area contributed by atoms with Gasteiger partial charge < -0.3 is 54.6 Å². The first kappa shape index (κ1) is 58.4. The molecule has 13 nitrogen and oxygen atoms in total. The number of benzene rings is 8. The number of aliphatic carboxylic acids is 1. The Morgan fingerprint density at radius 3 is 1.35 bits per heavy atom. The van der Waals surface area contributed by atoms with Crippen LogP contribution in [0.3, 0.4) is 0 Å². The van der Waals surface area contributed by atoms with Crippen LogP contribution < -0.4 is 60.0 Å². The number of esters is 1. The molecular formula is C63H55F2N2NaO11. The molecule has 398 valence electrons. The first-order chi connectivity index (χ1) is 37.4. The van der Waals surface area contributed by atoms with E-state index in [4.69, 9.17) is 44.0 Å². The van der Waals surface area contributed by atoms with Crippen LogP contribution in [0.5, 0.6) is 23.0 Å². The Hall–Kier alpha value is -8.28. The van der Waals surface area contributed by atoms with E-state index in [1.165, 1.54) is 33.5 Å². The predicted molar refractivity (Wildman–Crippen MR) is 294 cm³/mol. The molecule has 6 N–H and O–H groups in total. The Balaban J connectivity index is 0.000000223. The number of halogens is 2. The predicted octanol–water partition coefficient (Wildman–Crippen LogP) is 10.1. The van der Waals surface area contributed by atoms with Gasteiger partial charge in [0.1, 0.15) is 59.0 Å². The molecule has 0 amide bonds. The number of carbonyl (C=O) groups is 2. The summed E-state index contributed by atoms with van der Waals surface area (Å²) >= 11 is 0. The van der Waals surface area contributed by atoms with Crippen molar-refractivity contribution in [2.24, 2.45) is 11.5 Å². The maximum atomic E-state index is 14.8. The van der Waals surface area contributed by atoms with Crippen molar-refractivity contribution in [1.29, 1.82) is 0 Å². The second kappa shape index (κ2) is 26.9. The average molecular weight is 1080 g/mol. The molecule has 0 aliphatic carbocycles.